The molecule has 1 amide bonds. The highest BCUT2D eigenvalue weighted by molar-refractivity contribution is 6.02. The van der Waals surface area contributed by atoms with Crippen LogP contribution in [-0.2, 0) is 13.0 Å². The molecule has 2 rings (SSSR count). The highest BCUT2D eigenvalue weighted by Gasteiger charge is 2.07. The van der Waals surface area contributed by atoms with Gasteiger partial charge in [0.25, 0.3) is 5.91 Å². The van der Waals surface area contributed by atoms with E-state index in [9.17, 15) is 4.79 Å². The SMILES string of the molecule is CCCCc1ccc(NC(=O)c2ccc(CN)cn2)cc1. The average Bonchev–Trinajstić information content (AvgIpc) is 2.54. The highest BCUT2D eigenvalue weighted by atomic mass is 16.1. The zero-order chi connectivity index (χ0) is 15.1. The maximum Gasteiger partial charge on any atom is 0.274 e. The van der Waals surface area contributed by atoms with Gasteiger partial charge in [-0.25, -0.2) is 0 Å². The molecule has 3 N–H and O–H groups in total. The van der Waals surface area contributed by atoms with E-state index < -0.39 is 0 Å². The van der Waals surface area contributed by atoms with E-state index in [2.05, 4.69) is 29.4 Å². The minimum atomic E-state index is -0.208. The molecule has 0 aliphatic heterocycles. The number of anilines is 1. The first-order chi connectivity index (χ1) is 10.2. The van der Waals surface area contributed by atoms with Gasteiger partial charge in [-0.05, 0) is 42.2 Å². The lowest BCUT2D eigenvalue weighted by atomic mass is 10.1. The number of aromatic nitrogens is 1. The second-order valence-electron chi connectivity index (χ2n) is 5.01. The Bertz CT molecular complexity index is 576. The van der Waals surface area contributed by atoms with E-state index in [1.807, 2.05) is 18.2 Å². The van der Waals surface area contributed by atoms with Crippen molar-refractivity contribution in [3.8, 4) is 0 Å². The summed E-state index contributed by atoms with van der Waals surface area (Å²) < 4.78 is 0. The van der Waals surface area contributed by atoms with E-state index in [0.717, 1.165) is 17.7 Å². The van der Waals surface area contributed by atoms with Crippen molar-refractivity contribution in [2.75, 3.05) is 5.32 Å². The Labute approximate surface area is 125 Å². The number of pyridine rings is 1. The molecule has 0 spiro atoms. The van der Waals surface area contributed by atoms with Crippen LogP contribution >= 0.6 is 0 Å². The van der Waals surface area contributed by atoms with Crippen molar-refractivity contribution in [1.82, 2.24) is 4.98 Å². The van der Waals surface area contributed by atoms with Gasteiger partial charge in [0.1, 0.15) is 5.69 Å². The molecule has 0 bridgehead atoms. The molecule has 1 aromatic carbocycles. The van der Waals surface area contributed by atoms with Crippen molar-refractivity contribution in [2.45, 2.75) is 32.7 Å². The Kier molecular flexibility index (Phi) is 5.46. The minimum Gasteiger partial charge on any atom is -0.326 e. The molecular weight excluding hydrogens is 262 g/mol. The summed E-state index contributed by atoms with van der Waals surface area (Å²) in [5.74, 6) is -0.208. The summed E-state index contributed by atoms with van der Waals surface area (Å²) in [6.07, 6.45) is 5.07. The van der Waals surface area contributed by atoms with Gasteiger partial charge in [0.2, 0.25) is 0 Å². The Morgan fingerprint density at radius 1 is 1.14 bits per heavy atom. The van der Waals surface area contributed by atoms with E-state index >= 15 is 0 Å². The summed E-state index contributed by atoms with van der Waals surface area (Å²) in [6, 6.07) is 11.5. The lowest BCUT2D eigenvalue weighted by molar-refractivity contribution is 0.102. The maximum absolute atomic E-state index is 12.1. The zero-order valence-electron chi connectivity index (χ0n) is 12.3. The molecule has 1 aromatic heterocycles. The number of aryl methyl sites for hydroxylation is 1. The van der Waals surface area contributed by atoms with Crippen LogP contribution in [0.25, 0.3) is 0 Å². The van der Waals surface area contributed by atoms with Crippen LogP contribution < -0.4 is 11.1 Å². The number of rotatable bonds is 6. The molecule has 0 fully saturated rings. The molecule has 0 aliphatic carbocycles. The Morgan fingerprint density at radius 3 is 2.43 bits per heavy atom. The molecule has 0 aliphatic rings. The van der Waals surface area contributed by atoms with Crippen LogP contribution in [0, 0.1) is 0 Å². The van der Waals surface area contributed by atoms with Crippen molar-refractivity contribution in [1.29, 1.82) is 0 Å². The average molecular weight is 283 g/mol. The molecule has 0 radical (unpaired) electrons. The first-order valence-electron chi connectivity index (χ1n) is 7.28. The number of amides is 1. The Hall–Kier alpha value is -2.20. The van der Waals surface area contributed by atoms with Crippen LogP contribution in [0.4, 0.5) is 5.69 Å². The molecular formula is C17H21N3O. The molecule has 4 heteroatoms. The summed E-state index contributed by atoms with van der Waals surface area (Å²) in [4.78, 5) is 16.2. The number of nitrogens with zero attached hydrogens (tertiary/aromatic N) is 1. The van der Waals surface area contributed by atoms with Gasteiger partial charge in [0.05, 0.1) is 0 Å². The molecule has 110 valence electrons. The number of carbonyl (C=O) groups excluding carboxylic acids is 1. The van der Waals surface area contributed by atoms with Crippen LogP contribution in [0.3, 0.4) is 0 Å². The minimum absolute atomic E-state index is 0.208. The van der Waals surface area contributed by atoms with Gasteiger partial charge in [-0.15, -0.1) is 0 Å². The zero-order valence-corrected chi connectivity index (χ0v) is 12.3. The summed E-state index contributed by atoms with van der Waals surface area (Å²) in [5.41, 5.74) is 8.88. The molecule has 2 aromatic rings. The van der Waals surface area contributed by atoms with E-state index in [1.165, 1.54) is 18.4 Å². The summed E-state index contributed by atoms with van der Waals surface area (Å²) in [6.45, 7) is 2.60. The van der Waals surface area contributed by atoms with Crippen LogP contribution in [0.15, 0.2) is 42.6 Å². The Morgan fingerprint density at radius 2 is 1.86 bits per heavy atom. The number of carbonyl (C=O) groups is 1. The second kappa shape index (κ2) is 7.55. The van der Waals surface area contributed by atoms with Gasteiger partial charge >= 0.3 is 0 Å². The van der Waals surface area contributed by atoms with Crippen molar-refractivity contribution < 1.29 is 4.79 Å². The van der Waals surface area contributed by atoms with Crippen molar-refractivity contribution in [2.24, 2.45) is 5.73 Å². The fourth-order valence-corrected chi connectivity index (χ4v) is 2.01. The first-order valence-corrected chi connectivity index (χ1v) is 7.28. The lowest BCUT2D eigenvalue weighted by Gasteiger charge is -2.06. The molecule has 0 saturated carbocycles. The largest absolute Gasteiger partial charge is 0.326 e. The number of benzene rings is 1. The highest BCUT2D eigenvalue weighted by Crippen LogP contribution is 2.13. The van der Waals surface area contributed by atoms with Crippen molar-refractivity contribution in [3.63, 3.8) is 0 Å². The molecule has 1 heterocycles. The van der Waals surface area contributed by atoms with Crippen LogP contribution in [0.5, 0.6) is 0 Å². The van der Waals surface area contributed by atoms with Gasteiger partial charge in [-0.2, -0.15) is 0 Å². The van der Waals surface area contributed by atoms with Gasteiger partial charge in [0.15, 0.2) is 0 Å². The number of hydrogen-bond donors (Lipinski definition) is 2. The summed E-state index contributed by atoms with van der Waals surface area (Å²) in [7, 11) is 0. The lowest BCUT2D eigenvalue weighted by Crippen LogP contribution is -2.14. The number of hydrogen-bond acceptors (Lipinski definition) is 3. The van der Waals surface area contributed by atoms with E-state index in [1.54, 1.807) is 12.3 Å². The molecule has 0 atom stereocenters. The van der Waals surface area contributed by atoms with E-state index in [-0.39, 0.29) is 5.91 Å². The van der Waals surface area contributed by atoms with Gasteiger partial charge in [-0.3, -0.25) is 9.78 Å². The molecule has 21 heavy (non-hydrogen) atoms. The number of nitrogens with one attached hydrogen (secondary N) is 1. The van der Waals surface area contributed by atoms with Gasteiger partial charge in [-0.1, -0.05) is 31.5 Å². The standard InChI is InChI=1S/C17H21N3O/c1-2-3-4-13-5-8-15(9-6-13)20-17(21)16-10-7-14(11-18)12-19-16/h5-10,12H,2-4,11,18H2,1H3,(H,20,21). The normalized spacial score (nSPS) is 10.4. The maximum atomic E-state index is 12.1. The fourth-order valence-electron chi connectivity index (χ4n) is 2.01. The van der Waals surface area contributed by atoms with Crippen LogP contribution in [-0.4, -0.2) is 10.9 Å². The first kappa shape index (κ1) is 15.2. The monoisotopic (exact) mass is 283 g/mol. The van der Waals surface area contributed by atoms with E-state index in [4.69, 9.17) is 5.73 Å². The van der Waals surface area contributed by atoms with Crippen molar-refractivity contribution >= 4 is 11.6 Å². The third-order valence-corrected chi connectivity index (χ3v) is 3.32. The molecule has 0 saturated heterocycles. The van der Waals surface area contributed by atoms with Crippen molar-refractivity contribution in [3.05, 3.63) is 59.4 Å². The summed E-state index contributed by atoms with van der Waals surface area (Å²) in [5, 5.41) is 2.85. The quantitative estimate of drug-likeness (QED) is 0.855. The van der Waals surface area contributed by atoms with Gasteiger partial charge < -0.3 is 11.1 Å². The van der Waals surface area contributed by atoms with Crippen LogP contribution in [0.1, 0.15) is 41.4 Å². The van der Waals surface area contributed by atoms with Crippen LogP contribution in [0.2, 0.25) is 0 Å². The smallest absolute Gasteiger partial charge is 0.274 e. The molecule has 4 nitrogen and oxygen atoms in total. The van der Waals surface area contributed by atoms with Gasteiger partial charge in [0, 0.05) is 18.4 Å². The summed E-state index contributed by atoms with van der Waals surface area (Å²) >= 11 is 0. The fraction of sp³-hybridized carbons (Fsp3) is 0.294. The topological polar surface area (TPSA) is 68.0 Å². The third-order valence-electron chi connectivity index (χ3n) is 3.32. The Balaban J connectivity index is 1.98. The number of unbranched alkanes of at least 4 members (excludes halogenated alkanes) is 1. The number of nitrogens with two attached hydrogens (primary N) is 1. The predicted molar refractivity (Wildman–Crippen MR) is 85.1 cm³/mol. The third kappa shape index (κ3) is 4.39. The predicted octanol–water partition coefficient (Wildman–Crippen LogP) is 3.14. The van der Waals surface area contributed by atoms with E-state index in [0.29, 0.717) is 12.2 Å². The molecule has 0 unspecified atom stereocenters. The second-order valence-corrected chi connectivity index (χ2v) is 5.01.